The van der Waals surface area contributed by atoms with Crippen molar-refractivity contribution in [3.05, 3.63) is 18.5 Å². The number of hydrogen-bond donors (Lipinski definition) is 2. The molecule has 0 aliphatic heterocycles. The molecule has 1 amide bonds. The summed E-state index contributed by atoms with van der Waals surface area (Å²) in [4.78, 5) is 11.2. The maximum absolute atomic E-state index is 11.2. The summed E-state index contributed by atoms with van der Waals surface area (Å²) < 4.78 is 6.82. The highest BCUT2D eigenvalue weighted by Gasteiger charge is 1.99. The van der Waals surface area contributed by atoms with Gasteiger partial charge in [0.15, 0.2) is 0 Å². The highest BCUT2D eigenvalue weighted by atomic mass is 16.5. The largest absolute Gasteiger partial charge is 0.370 e. The SMILES string of the molecule is NCCOCC(=O)NCCCn1cccn1. The molecule has 0 aliphatic rings. The second-order valence-electron chi connectivity index (χ2n) is 3.31. The van der Waals surface area contributed by atoms with Crippen molar-refractivity contribution < 1.29 is 9.53 Å². The van der Waals surface area contributed by atoms with Crippen LogP contribution in [0.2, 0.25) is 0 Å². The first kappa shape index (κ1) is 12.7. The molecule has 0 aliphatic carbocycles. The van der Waals surface area contributed by atoms with Gasteiger partial charge in [-0.3, -0.25) is 9.48 Å². The molecule has 3 N–H and O–H groups in total. The van der Waals surface area contributed by atoms with Crippen molar-refractivity contribution in [1.29, 1.82) is 0 Å². The van der Waals surface area contributed by atoms with Gasteiger partial charge in [0.05, 0.1) is 6.61 Å². The molecule has 1 aromatic rings. The zero-order valence-corrected chi connectivity index (χ0v) is 9.26. The van der Waals surface area contributed by atoms with Gasteiger partial charge >= 0.3 is 0 Å². The fraction of sp³-hybridized carbons (Fsp3) is 0.600. The molecule has 6 nitrogen and oxygen atoms in total. The van der Waals surface area contributed by atoms with Crippen molar-refractivity contribution in [1.82, 2.24) is 15.1 Å². The summed E-state index contributed by atoms with van der Waals surface area (Å²) in [6, 6.07) is 1.87. The van der Waals surface area contributed by atoms with Gasteiger partial charge in [-0.15, -0.1) is 0 Å². The zero-order chi connectivity index (χ0) is 11.6. The Bertz CT molecular complexity index is 287. The van der Waals surface area contributed by atoms with E-state index in [1.165, 1.54) is 0 Å². The van der Waals surface area contributed by atoms with E-state index >= 15 is 0 Å². The van der Waals surface area contributed by atoms with E-state index in [0.29, 0.717) is 19.7 Å². The van der Waals surface area contributed by atoms with Gasteiger partial charge in [-0.2, -0.15) is 5.10 Å². The molecule has 0 fully saturated rings. The first-order chi connectivity index (χ1) is 7.83. The highest BCUT2D eigenvalue weighted by molar-refractivity contribution is 5.77. The van der Waals surface area contributed by atoms with Crippen LogP contribution in [0.15, 0.2) is 18.5 Å². The number of aromatic nitrogens is 2. The molecule has 0 spiro atoms. The molecule has 0 saturated heterocycles. The van der Waals surface area contributed by atoms with Gasteiger partial charge in [-0.25, -0.2) is 0 Å². The van der Waals surface area contributed by atoms with Gasteiger partial charge in [0, 0.05) is 32.0 Å². The van der Waals surface area contributed by atoms with Crippen molar-refractivity contribution in [3.8, 4) is 0 Å². The van der Waals surface area contributed by atoms with Gasteiger partial charge < -0.3 is 15.8 Å². The lowest BCUT2D eigenvalue weighted by atomic mass is 10.4. The molecular weight excluding hydrogens is 208 g/mol. The van der Waals surface area contributed by atoms with Crippen LogP contribution < -0.4 is 11.1 Å². The molecule has 0 radical (unpaired) electrons. The summed E-state index contributed by atoms with van der Waals surface area (Å²) in [7, 11) is 0. The van der Waals surface area contributed by atoms with Crippen LogP contribution in [0, 0.1) is 0 Å². The van der Waals surface area contributed by atoms with E-state index in [-0.39, 0.29) is 12.5 Å². The first-order valence-corrected chi connectivity index (χ1v) is 5.35. The fourth-order valence-corrected chi connectivity index (χ4v) is 1.20. The third-order valence-electron chi connectivity index (χ3n) is 1.94. The maximum atomic E-state index is 11.2. The predicted molar refractivity (Wildman–Crippen MR) is 59.7 cm³/mol. The Kier molecular flexibility index (Phi) is 6.20. The number of aryl methyl sites for hydroxylation is 1. The number of hydrogen-bond acceptors (Lipinski definition) is 4. The van der Waals surface area contributed by atoms with Crippen LogP contribution in [0.1, 0.15) is 6.42 Å². The van der Waals surface area contributed by atoms with Crippen LogP contribution >= 0.6 is 0 Å². The van der Waals surface area contributed by atoms with Crippen molar-refractivity contribution in [2.45, 2.75) is 13.0 Å². The summed E-state index contributed by atoms with van der Waals surface area (Å²) in [6.07, 6.45) is 4.48. The molecule has 1 aromatic heterocycles. The van der Waals surface area contributed by atoms with Crippen molar-refractivity contribution in [2.24, 2.45) is 5.73 Å². The Morgan fingerprint density at radius 1 is 1.56 bits per heavy atom. The minimum Gasteiger partial charge on any atom is -0.370 e. The summed E-state index contributed by atoms with van der Waals surface area (Å²) in [6.45, 7) is 2.37. The molecule has 0 saturated carbocycles. The number of nitrogens with zero attached hydrogens (tertiary/aromatic N) is 2. The van der Waals surface area contributed by atoms with Crippen LogP contribution in [-0.4, -0.2) is 42.0 Å². The van der Waals surface area contributed by atoms with Crippen molar-refractivity contribution in [2.75, 3.05) is 26.3 Å². The number of amides is 1. The Labute approximate surface area is 94.8 Å². The monoisotopic (exact) mass is 226 g/mol. The smallest absolute Gasteiger partial charge is 0.245 e. The molecule has 6 heteroatoms. The van der Waals surface area contributed by atoms with E-state index < -0.39 is 0 Å². The van der Waals surface area contributed by atoms with Crippen LogP contribution in [0.4, 0.5) is 0 Å². The summed E-state index contributed by atoms with van der Waals surface area (Å²) in [5.41, 5.74) is 5.22. The van der Waals surface area contributed by atoms with Gasteiger partial charge in [0.25, 0.3) is 0 Å². The number of rotatable bonds is 8. The van der Waals surface area contributed by atoms with E-state index in [9.17, 15) is 4.79 Å². The van der Waals surface area contributed by atoms with Crippen LogP contribution in [0.5, 0.6) is 0 Å². The molecule has 0 aromatic carbocycles. The average molecular weight is 226 g/mol. The number of carbonyl (C=O) groups excluding carboxylic acids is 1. The minimum absolute atomic E-state index is 0.0823. The van der Waals surface area contributed by atoms with E-state index in [4.69, 9.17) is 10.5 Å². The first-order valence-electron chi connectivity index (χ1n) is 5.35. The molecule has 1 heterocycles. The molecule has 0 atom stereocenters. The van der Waals surface area contributed by atoms with E-state index in [1.807, 2.05) is 16.9 Å². The quantitative estimate of drug-likeness (QED) is 0.578. The lowest BCUT2D eigenvalue weighted by Crippen LogP contribution is -2.29. The van der Waals surface area contributed by atoms with Crippen LogP contribution in [0.25, 0.3) is 0 Å². The lowest BCUT2D eigenvalue weighted by molar-refractivity contribution is -0.125. The molecule has 0 bridgehead atoms. The number of ether oxygens (including phenoxy) is 1. The normalized spacial score (nSPS) is 10.3. The second-order valence-corrected chi connectivity index (χ2v) is 3.31. The van der Waals surface area contributed by atoms with Crippen LogP contribution in [-0.2, 0) is 16.1 Å². The topological polar surface area (TPSA) is 82.2 Å². The Balaban J connectivity index is 1.96. The van der Waals surface area contributed by atoms with Gasteiger partial charge in [-0.1, -0.05) is 0 Å². The number of nitrogens with one attached hydrogen (secondary N) is 1. The predicted octanol–water partition coefficient (Wildman–Crippen LogP) is -0.635. The minimum atomic E-state index is -0.103. The van der Waals surface area contributed by atoms with Crippen molar-refractivity contribution in [3.63, 3.8) is 0 Å². The number of nitrogens with two attached hydrogens (primary N) is 1. The second kappa shape index (κ2) is 7.84. The molecule has 0 unspecified atom stereocenters. The average Bonchev–Trinajstić information content (AvgIpc) is 2.78. The van der Waals surface area contributed by atoms with Gasteiger partial charge in [0.1, 0.15) is 6.61 Å². The highest BCUT2D eigenvalue weighted by Crippen LogP contribution is 1.87. The standard InChI is InChI=1S/C10H18N4O2/c11-3-8-16-9-10(15)12-4-1-6-14-7-2-5-13-14/h2,5,7H,1,3-4,6,8-9,11H2,(H,12,15). The molecular formula is C10H18N4O2. The summed E-state index contributed by atoms with van der Waals surface area (Å²) in [5, 5.41) is 6.82. The third-order valence-corrected chi connectivity index (χ3v) is 1.94. The fourth-order valence-electron chi connectivity index (χ4n) is 1.20. The van der Waals surface area contributed by atoms with E-state index in [1.54, 1.807) is 6.20 Å². The number of carbonyl (C=O) groups is 1. The Hall–Kier alpha value is -1.40. The molecule has 90 valence electrons. The Morgan fingerprint density at radius 2 is 2.44 bits per heavy atom. The van der Waals surface area contributed by atoms with Gasteiger partial charge in [-0.05, 0) is 12.5 Å². The van der Waals surface area contributed by atoms with E-state index in [2.05, 4.69) is 10.4 Å². The van der Waals surface area contributed by atoms with Crippen molar-refractivity contribution >= 4 is 5.91 Å². The Morgan fingerprint density at radius 3 is 3.12 bits per heavy atom. The zero-order valence-electron chi connectivity index (χ0n) is 9.26. The van der Waals surface area contributed by atoms with Crippen LogP contribution in [0.3, 0.4) is 0 Å². The summed E-state index contributed by atoms with van der Waals surface area (Å²) in [5.74, 6) is -0.103. The molecule has 16 heavy (non-hydrogen) atoms. The van der Waals surface area contributed by atoms with Gasteiger partial charge in [0.2, 0.25) is 5.91 Å². The maximum Gasteiger partial charge on any atom is 0.245 e. The molecule has 1 rings (SSSR count). The third kappa shape index (κ3) is 5.47. The summed E-state index contributed by atoms with van der Waals surface area (Å²) >= 11 is 0. The lowest BCUT2D eigenvalue weighted by Gasteiger charge is -2.05. The van der Waals surface area contributed by atoms with E-state index in [0.717, 1.165) is 13.0 Å².